The number of rotatable bonds is 5. The SMILES string of the molecule is COc1ccc(C(=O)[C@@H]2[C@@H]3C(=O)N(c4ccc([N+](=O)[O-])cc4C)C(=O)[C@@H]3[C@H]3c4ccccc4C=NN23)cc1. The average molecular weight is 511 g/mol. The van der Waals surface area contributed by atoms with Crippen molar-refractivity contribution < 1.29 is 24.0 Å². The van der Waals surface area contributed by atoms with Gasteiger partial charge in [-0.25, -0.2) is 4.90 Å². The van der Waals surface area contributed by atoms with E-state index in [-0.39, 0.29) is 17.2 Å². The zero-order valence-electron chi connectivity index (χ0n) is 20.5. The Morgan fingerprint density at radius 2 is 1.71 bits per heavy atom. The summed E-state index contributed by atoms with van der Waals surface area (Å²) in [5.74, 6) is -2.57. The van der Waals surface area contributed by atoms with Gasteiger partial charge in [-0.2, -0.15) is 5.10 Å². The Morgan fingerprint density at radius 1 is 1.00 bits per heavy atom. The maximum Gasteiger partial charge on any atom is 0.269 e. The number of hydrogen-bond donors (Lipinski definition) is 0. The molecule has 2 saturated heterocycles. The quantitative estimate of drug-likeness (QED) is 0.222. The topological polar surface area (TPSA) is 122 Å². The number of fused-ring (bicyclic) bond motifs is 5. The largest absolute Gasteiger partial charge is 0.497 e. The lowest BCUT2D eigenvalue weighted by atomic mass is 9.83. The van der Waals surface area contributed by atoms with Crippen molar-refractivity contribution in [3.05, 3.63) is 99.1 Å². The van der Waals surface area contributed by atoms with Gasteiger partial charge in [0.2, 0.25) is 11.8 Å². The minimum Gasteiger partial charge on any atom is -0.497 e. The highest BCUT2D eigenvalue weighted by Gasteiger charge is 2.65. The highest BCUT2D eigenvalue weighted by atomic mass is 16.6. The number of amides is 2. The molecule has 0 aliphatic carbocycles. The molecule has 4 atom stereocenters. The molecule has 0 N–H and O–H groups in total. The van der Waals surface area contributed by atoms with Crippen molar-refractivity contribution in [1.82, 2.24) is 5.01 Å². The number of nitrogens with zero attached hydrogens (tertiary/aromatic N) is 4. The van der Waals surface area contributed by atoms with Crippen molar-refractivity contribution in [2.45, 2.75) is 19.0 Å². The number of benzene rings is 3. The molecule has 6 rings (SSSR count). The van der Waals surface area contributed by atoms with Crippen LogP contribution in [0.1, 0.15) is 33.1 Å². The third-order valence-corrected chi connectivity index (χ3v) is 7.57. The van der Waals surface area contributed by atoms with Crippen molar-refractivity contribution in [3.8, 4) is 5.75 Å². The number of hydrogen-bond acceptors (Lipinski definition) is 8. The summed E-state index contributed by atoms with van der Waals surface area (Å²) in [6.07, 6.45) is 1.65. The number of carbonyl (C=O) groups is 3. The number of non-ortho nitro benzene ring substituents is 1. The molecule has 3 aromatic carbocycles. The minimum absolute atomic E-state index is 0.139. The molecule has 2 fully saturated rings. The lowest BCUT2D eigenvalue weighted by Gasteiger charge is -2.34. The number of anilines is 1. The molecule has 3 heterocycles. The van der Waals surface area contributed by atoms with Gasteiger partial charge < -0.3 is 4.74 Å². The number of ether oxygens (including phenoxy) is 1. The van der Waals surface area contributed by atoms with E-state index in [1.807, 2.05) is 24.3 Å². The lowest BCUT2D eigenvalue weighted by Crippen LogP contribution is -2.44. The summed E-state index contributed by atoms with van der Waals surface area (Å²) < 4.78 is 5.20. The fourth-order valence-corrected chi connectivity index (χ4v) is 5.84. The van der Waals surface area contributed by atoms with Crippen LogP contribution in [-0.2, 0) is 9.59 Å². The van der Waals surface area contributed by atoms with Gasteiger partial charge in [0.1, 0.15) is 11.8 Å². The predicted molar refractivity (Wildman–Crippen MR) is 137 cm³/mol. The Bertz CT molecular complexity index is 1550. The lowest BCUT2D eigenvalue weighted by molar-refractivity contribution is -0.384. The number of carbonyl (C=O) groups excluding carboxylic acids is 3. The molecule has 0 aromatic heterocycles. The zero-order valence-corrected chi connectivity index (χ0v) is 20.5. The third kappa shape index (κ3) is 3.33. The van der Waals surface area contributed by atoms with Crippen molar-refractivity contribution in [3.63, 3.8) is 0 Å². The van der Waals surface area contributed by atoms with Gasteiger partial charge >= 0.3 is 0 Å². The fraction of sp³-hybridized carbons (Fsp3) is 0.214. The van der Waals surface area contributed by atoms with E-state index in [1.165, 1.54) is 25.3 Å². The Labute approximate surface area is 217 Å². The molecule has 3 aliphatic rings. The summed E-state index contributed by atoms with van der Waals surface area (Å²) in [5, 5.41) is 17.4. The van der Waals surface area contributed by atoms with E-state index in [4.69, 9.17) is 4.74 Å². The normalized spacial score (nSPS) is 23.2. The molecule has 0 bridgehead atoms. The van der Waals surface area contributed by atoms with E-state index in [0.29, 0.717) is 16.9 Å². The summed E-state index contributed by atoms with van der Waals surface area (Å²) in [5.41, 5.74) is 2.54. The molecular formula is C28H22N4O6. The van der Waals surface area contributed by atoms with Crippen LogP contribution in [-0.4, -0.2) is 46.9 Å². The molecule has 0 radical (unpaired) electrons. The van der Waals surface area contributed by atoms with E-state index in [1.54, 1.807) is 42.4 Å². The molecule has 3 aliphatic heterocycles. The number of imide groups is 1. The van der Waals surface area contributed by atoms with Crippen molar-refractivity contribution >= 4 is 35.2 Å². The molecule has 0 spiro atoms. The van der Waals surface area contributed by atoms with E-state index in [2.05, 4.69) is 5.10 Å². The fourth-order valence-electron chi connectivity index (χ4n) is 5.84. The van der Waals surface area contributed by atoms with Gasteiger partial charge in [-0.05, 0) is 53.9 Å². The summed E-state index contributed by atoms with van der Waals surface area (Å²) in [6, 6.07) is 16.4. The molecular weight excluding hydrogens is 488 g/mol. The second-order valence-corrected chi connectivity index (χ2v) is 9.53. The van der Waals surface area contributed by atoms with E-state index in [9.17, 15) is 24.5 Å². The number of hydrazone groups is 1. The molecule has 10 heteroatoms. The predicted octanol–water partition coefficient (Wildman–Crippen LogP) is 3.67. The van der Waals surface area contributed by atoms with Crippen molar-refractivity contribution in [2.24, 2.45) is 16.9 Å². The highest BCUT2D eigenvalue weighted by molar-refractivity contribution is 6.25. The molecule has 0 unspecified atom stereocenters. The van der Waals surface area contributed by atoms with E-state index >= 15 is 0 Å². The summed E-state index contributed by atoms with van der Waals surface area (Å²) in [7, 11) is 1.53. The first-order chi connectivity index (χ1) is 18.3. The first-order valence-electron chi connectivity index (χ1n) is 12.0. The Hall–Kier alpha value is -4.86. The molecule has 10 nitrogen and oxygen atoms in total. The summed E-state index contributed by atoms with van der Waals surface area (Å²) >= 11 is 0. The first-order valence-corrected chi connectivity index (χ1v) is 12.0. The van der Waals surface area contributed by atoms with Crippen molar-refractivity contribution in [2.75, 3.05) is 12.0 Å². The minimum atomic E-state index is -1.01. The van der Waals surface area contributed by atoms with E-state index < -0.39 is 40.7 Å². The van der Waals surface area contributed by atoms with Crippen LogP contribution < -0.4 is 9.64 Å². The average Bonchev–Trinajstić information content (AvgIpc) is 3.40. The molecule has 2 amide bonds. The number of nitro benzene ring substituents is 1. The van der Waals surface area contributed by atoms with Gasteiger partial charge in [-0.15, -0.1) is 0 Å². The standard InChI is InChI=1S/C28H22N4O6/c1-15-13-18(32(36)37)9-12-21(15)30-27(34)22-23(28(30)35)25(26(33)16-7-10-19(38-2)11-8-16)31-24(22)20-6-4-3-5-17(20)14-29-31/h3-14,22-25H,1-2H3/t22-,23+,24+,25-/m0/s1. The monoisotopic (exact) mass is 510 g/mol. The highest BCUT2D eigenvalue weighted by Crippen LogP contribution is 2.53. The van der Waals surface area contributed by atoms with Gasteiger partial charge in [0.05, 0.1) is 41.8 Å². The zero-order chi connectivity index (χ0) is 26.7. The number of Topliss-reactive ketones (excluding diaryl/α,β-unsaturated/α-hetero) is 1. The maximum atomic E-state index is 14.0. The van der Waals surface area contributed by atoms with Crippen LogP contribution in [0.5, 0.6) is 5.75 Å². The van der Waals surface area contributed by atoms with Gasteiger partial charge in [0, 0.05) is 17.7 Å². The van der Waals surface area contributed by atoms with Crippen LogP contribution in [0.2, 0.25) is 0 Å². The summed E-state index contributed by atoms with van der Waals surface area (Å²) in [4.78, 5) is 53.7. The number of ketones is 1. The number of methoxy groups -OCH3 is 1. The van der Waals surface area contributed by atoms with Gasteiger partial charge in [-0.3, -0.25) is 29.5 Å². The second kappa shape index (κ2) is 8.62. The molecule has 190 valence electrons. The second-order valence-electron chi connectivity index (χ2n) is 9.53. The van der Waals surface area contributed by atoms with Crippen LogP contribution >= 0.6 is 0 Å². The number of nitro groups is 1. The smallest absolute Gasteiger partial charge is 0.269 e. The van der Waals surface area contributed by atoms with Gasteiger partial charge in [0.25, 0.3) is 5.69 Å². The molecule has 3 aromatic rings. The maximum absolute atomic E-state index is 14.0. The Kier molecular flexibility index (Phi) is 5.34. The summed E-state index contributed by atoms with van der Waals surface area (Å²) in [6.45, 7) is 1.61. The van der Waals surface area contributed by atoms with Crippen LogP contribution in [0.15, 0.2) is 71.8 Å². The van der Waals surface area contributed by atoms with Crippen LogP contribution in [0.3, 0.4) is 0 Å². The molecule has 0 saturated carbocycles. The Morgan fingerprint density at radius 3 is 2.39 bits per heavy atom. The molecule has 38 heavy (non-hydrogen) atoms. The Balaban J connectivity index is 1.47. The van der Waals surface area contributed by atoms with Crippen LogP contribution in [0, 0.1) is 28.9 Å². The van der Waals surface area contributed by atoms with Crippen molar-refractivity contribution in [1.29, 1.82) is 0 Å². The van der Waals surface area contributed by atoms with E-state index in [0.717, 1.165) is 16.0 Å². The third-order valence-electron chi connectivity index (χ3n) is 7.57. The van der Waals surface area contributed by atoms with Gasteiger partial charge in [0.15, 0.2) is 5.78 Å². The van der Waals surface area contributed by atoms with Crippen LogP contribution in [0.4, 0.5) is 11.4 Å². The first kappa shape index (κ1) is 23.5. The number of aryl methyl sites for hydroxylation is 1. The van der Waals surface area contributed by atoms with Crippen LogP contribution in [0.25, 0.3) is 0 Å². The van der Waals surface area contributed by atoms with Gasteiger partial charge in [-0.1, -0.05) is 24.3 Å².